The van der Waals surface area contributed by atoms with Crippen molar-refractivity contribution in [3.63, 3.8) is 0 Å². The summed E-state index contributed by atoms with van der Waals surface area (Å²) < 4.78 is 5.69. The molecule has 0 heterocycles. The van der Waals surface area contributed by atoms with Crippen molar-refractivity contribution in [3.05, 3.63) is 16.1 Å². The van der Waals surface area contributed by atoms with Gasteiger partial charge in [0.1, 0.15) is 0 Å². The molecule has 3 N–H and O–H groups in total. The minimum Gasteiger partial charge on any atom is -0.503 e. The number of methoxy groups -OCH3 is 1. The van der Waals surface area contributed by atoms with Gasteiger partial charge in [-0.15, -0.1) is 0 Å². The molecule has 3 nitrogen and oxygen atoms in total. The van der Waals surface area contributed by atoms with Crippen LogP contribution in [0.5, 0.6) is 11.5 Å². The molecule has 0 aliphatic rings. The Labute approximate surface area is 79.3 Å². The van der Waals surface area contributed by atoms with Gasteiger partial charge in [-0.1, -0.05) is 0 Å². The number of anilines is 1. The van der Waals surface area contributed by atoms with Crippen molar-refractivity contribution in [3.8, 4) is 11.5 Å². The van der Waals surface area contributed by atoms with E-state index in [2.05, 4.69) is 15.9 Å². The van der Waals surface area contributed by atoms with Gasteiger partial charge in [-0.2, -0.15) is 0 Å². The van der Waals surface area contributed by atoms with E-state index in [1.807, 2.05) is 6.92 Å². The Balaban J connectivity index is 3.42. The Kier molecular flexibility index (Phi) is 2.47. The molecular weight excluding hydrogens is 222 g/mol. The number of aryl methyl sites for hydroxylation is 1. The first kappa shape index (κ1) is 9.19. The molecule has 1 aromatic carbocycles. The lowest BCUT2D eigenvalue weighted by atomic mass is 10.2. The second kappa shape index (κ2) is 3.23. The van der Waals surface area contributed by atoms with Crippen LogP contribution in [-0.2, 0) is 0 Å². The smallest absolute Gasteiger partial charge is 0.182 e. The summed E-state index contributed by atoms with van der Waals surface area (Å²) in [6.45, 7) is 1.88. The van der Waals surface area contributed by atoms with E-state index in [9.17, 15) is 5.11 Å². The predicted molar refractivity (Wildman–Crippen MR) is 51.5 cm³/mol. The maximum atomic E-state index is 9.42. The molecule has 12 heavy (non-hydrogen) atoms. The Morgan fingerprint density at radius 1 is 1.58 bits per heavy atom. The number of nitrogens with two attached hydrogens (primary N) is 1. The van der Waals surface area contributed by atoms with Gasteiger partial charge < -0.3 is 15.6 Å². The Morgan fingerprint density at radius 2 is 2.17 bits per heavy atom. The molecule has 0 aliphatic carbocycles. The first-order valence-corrected chi connectivity index (χ1v) is 4.18. The van der Waals surface area contributed by atoms with Crippen LogP contribution in [0.15, 0.2) is 10.5 Å². The highest BCUT2D eigenvalue weighted by Gasteiger charge is 2.12. The van der Waals surface area contributed by atoms with Crippen molar-refractivity contribution in [2.75, 3.05) is 12.8 Å². The van der Waals surface area contributed by atoms with E-state index in [-0.39, 0.29) is 5.75 Å². The molecule has 0 aliphatic heterocycles. The molecule has 0 fully saturated rings. The monoisotopic (exact) mass is 231 g/mol. The zero-order valence-corrected chi connectivity index (χ0v) is 8.47. The van der Waals surface area contributed by atoms with Crippen LogP contribution < -0.4 is 10.5 Å². The van der Waals surface area contributed by atoms with Crippen molar-refractivity contribution in [1.29, 1.82) is 0 Å². The lowest BCUT2D eigenvalue weighted by Crippen LogP contribution is -1.93. The van der Waals surface area contributed by atoms with E-state index in [0.717, 1.165) is 10.0 Å². The lowest BCUT2D eigenvalue weighted by Gasteiger charge is -2.10. The number of phenols is 1. The fourth-order valence-corrected chi connectivity index (χ4v) is 1.43. The van der Waals surface area contributed by atoms with Gasteiger partial charge >= 0.3 is 0 Å². The van der Waals surface area contributed by atoms with Crippen molar-refractivity contribution in [2.45, 2.75) is 6.92 Å². The average molecular weight is 232 g/mol. The van der Waals surface area contributed by atoms with Gasteiger partial charge in [-0.25, -0.2) is 0 Å². The minimum absolute atomic E-state index is 0.0185. The largest absolute Gasteiger partial charge is 0.503 e. The SMILES string of the molecule is COc1c(O)c(N)cc(C)c1Br. The fourth-order valence-electron chi connectivity index (χ4n) is 0.965. The molecule has 4 heteroatoms. The molecule has 0 aromatic heterocycles. The lowest BCUT2D eigenvalue weighted by molar-refractivity contribution is 0.372. The third-order valence-corrected chi connectivity index (χ3v) is 2.60. The van der Waals surface area contributed by atoms with Gasteiger partial charge in [0.2, 0.25) is 0 Å². The van der Waals surface area contributed by atoms with Crippen molar-refractivity contribution < 1.29 is 9.84 Å². The highest BCUT2D eigenvalue weighted by Crippen LogP contribution is 2.40. The normalized spacial score (nSPS) is 9.92. The van der Waals surface area contributed by atoms with Crippen LogP contribution in [0.3, 0.4) is 0 Å². The van der Waals surface area contributed by atoms with Gasteiger partial charge in [-0.3, -0.25) is 0 Å². The number of rotatable bonds is 1. The van der Waals surface area contributed by atoms with Crippen molar-refractivity contribution in [2.24, 2.45) is 0 Å². The van der Waals surface area contributed by atoms with E-state index in [4.69, 9.17) is 10.5 Å². The summed E-state index contributed by atoms with van der Waals surface area (Å²) in [5, 5.41) is 9.42. The third kappa shape index (κ3) is 1.34. The van der Waals surface area contributed by atoms with E-state index >= 15 is 0 Å². The zero-order chi connectivity index (χ0) is 9.30. The van der Waals surface area contributed by atoms with E-state index in [1.54, 1.807) is 6.07 Å². The van der Waals surface area contributed by atoms with Crippen LogP contribution in [0, 0.1) is 6.92 Å². The molecule has 0 bridgehead atoms. The molecule has 0 amide bonds. The van der Waals surface area contributed by atoms with Gasteiger partial charge in [0, 0.05) is 0 Å². The van der Waals surface area contributed by atoms with Crippen molar-refractivity contribution >= 4 is 21.6 Å². The first-order valence-electron chi connectivity index (χ1n) is 3.39. The first-order chi connectivity index (χ1) is 5.57. The number of aromatic hydroxyl groups is 1. The predicted octanol–water partition coefficient (Wildman–Crippen LogP) is 2.05. The summed E-state index contributed by atoms with van der Waals surface area (Å²) >= 11 is 3.28. The van der Waals surface area contributed by atoms with Crippen LogP contribution in [0.4, 0.5) is 5.69 Å². The van der Waals surface area contributed by atoms with Crippen LogP contribution >= 0.6 is 15.9 Å². The number of halogens is 1. The maximum Gasteiger partial charge on any atom is 0.182 e. The Bertz CT molecular complexity index is 286. The van der Waals surface area contributed by atoms with Gasteiger partial charge in [0.25, 0.3) is 0 Å². The Morgan fingerprint density at radius 3 is 2.67 bits per heavy atom. The second-order valence-electron chi connectivity index (χ2n) is 2.48. The molecule has 66 valence electrons. The molecule has 0 radical (unpaired) electrons. The Hall–Kier alpha value is -0.900. The van der Waals surface area contributed by atoms with Crippen molar-refractivity contribution in [1.82, 2.24) is 0 Å². The number of ether oxygens (including phenoxy) is 1. The maximum absolute atomic E-state index is 9.42. The molecule has 0 saturated heterocycles. The number of hydrogen-bond acceptors (Lipinski definition) is 3. The number of nitrogen functional groups attached to an aromatic ring is 1. The quantitative estimate of drug-likeness (QED) is 0.575. The summed E-state index contributed by atoms with van der Waals surface area (Å²) in [5.74, 6) is 0.363. The number of benzene rings is 1. The van der Waals surface area contributed by atoms with Crippen LogP contribution in [0.1, 0.15) is 5.56 Å². The molecule has 0 unspecified atom stereocenters. The van der Waals surface area contributed by atoms with Crippen LogP contribution in [0.25, 0.3) is 0 Å². The fraction of sp³-hybridized carbons (Fsp3) is 0.250. The van der Waals surface area contributed by atoms with Crippen LogP contribution in [-0.4, -0.2) is 12.2 Å². The molecule has 1 rings (SSSR count). The van der Waals surface area contributed by atoms with E-state index in [1.165, 1.54) is 7.11 Å². The van der Waals surface area contributed by atoms with E-state index in [0.29, 0.717) is 11.4 Å². The number of phenolic OH excluding ortho intramolecular Hbond substituents is 1. The molecule has 0 saturated carbocycles. The topological polar surface area (TPSA) is 55.5 Å². The van der Waals surface area contributed by atoms with Gasteiger partial charge in [0.05, 0.1) is 17.3 Å². The van der Waals surface area contributed by atoms with Gasteiger partial charge in [0.15, 0.2) is 11.5 Å². The highest BCUT2D eigenvalue weighted by atomic mass is 79.9. The summed E-state index contributed by atoms with van der Waals surface area (Å²) in [5.41, 5.74) is 6.77. The number of hydrogen-bond donors (Lipinski definition) is 2. The minimum atomic E-state index is -0.0185. The highest BCUT2D eigenvalue weighted by molar-refractivity contribution is 9.10. The second-order valence-corrected chi connectivity index (χ2v) is 3.27. The van der Waals surface area contributed by atoms with Crippen LogP contribution in [0.2, 0.25) is 0 Å². The summed E-state index contributed by atoms with van der Waals surface area (Å²) in [4.78, 5) is 0. The standard InChI is InChI=1S/C8H10BrNO2/c1-4-3-5(10)7(11)8(12-2)6(4)9/h3,11H,10H2,1-2H3. The summed E-state index contributed by atoms with van der Waals surface area (Å²) in [7, 11) is 1.48. The molecule has 0 atom stereocenters. The molecule has 0 spiro atoms. The average Bonchev–Trinajstić information content (AvgIpc) is 2.02. The third-order valence-electron chi connectivity index (χ3n) is 1.61. The van der Waals surface area contributed by atoms with Gasteiger partial charge in [-0.05, 0) is 34.5 Å². The molecular formula is C8H10BrNO2. The summed E-state index contributed by atoms with van der Waals surface area (Å²) in [6, 6.07) is 1.68. The summed E-state index contributed by atoms with van der Waals surface area (Å²) in [6.07, 6.45) is 0. The molecule has 1 aromatic rings. The zero-order valence-electron chi connectivity index (χ0n) is 6.89. The van der Waals surface area contributed by atoms with E-state index < -0.39 is 0 Å².